The van der Waals surface area contributed by atoms with Crippen molar-refractivity contribution in [1.82, 2.24) is 9.97 Å². The largest absolute Gasteiger partial charge is 0.372 e. The molecule has 2 heterocycles. The van der Waals surface area contributed by atoms with Gasteiger partial charge in [0.05, 0.1) is 20.6 Å². The van der Waals surface area contributed by atoms with Gasteiger partial charge in [-0.1, -0.05) is 0 Å². The molecule has 0 unspecified atom stereocenters. The van der Waals surface area contributed by atoms with Gasteiger partial charge >= 0.3 is 0 Å². The zero-order chi connectivity index (χ0) is 15.4. The molecule has 9 heteroatoms. The first kappa shape index (κ1) is 14.9. The first-order valence-corrected chi connectivity index (χ1v) is 6.55. The Bertz CT molecular complexity index is 707. The molecule has 0 aromatic carbocycles. The van der Waals surface area contributed by atoms with Crippen molar-refractivity contribution in [3.63, 3.8) is 0 Å². The third-order valence-corrected chi connectivity index (χ3v) is 3.22. The molecule has 108 valence electrons. The van der Waals surface area contributed by atoms with Gasteiger partial charge in [-0.25, -0.2) is 4.98 Å². The van der Waals surface area contributed by atoms with Crippen molar-refractivity contribution in [1.29, 1.82) is 0 Å². The van der Waals surface area contributed by atoms with Crippen LogP contribution >= 0.6 is 15.9 Å². The minimum absolute atomic E-state index is 0.0791. The molecule has 2 aromatic heterocycles. The summed E-state index contributed by atoms with van der Waals surface area (Å²) in [5.74, 6) is -0.259. The minimum atomic E-state index is -0.606. The number of hydrogen-bond acceptors (Lipinski definition) is 6. The van der Waals surface area contributed by atoms with E-state index in [9.17, 15) is 14.9 Å². The normalized spacial score (nSPS) is 10.0. The smallest absolute Gasteiger partial charge is 0.288 e. The molecular formula is C12H10BrN5O3. The lowest BCUT2D eigenvalue weighted by Crippen LogP contribution is -2.15. The quantitative estimate of drug-likeness (QED) is 0.646. The first-order valence-electron chi connectivity index (χ1n) is 5.76. The third-order valence-electron chi connectivity index (χ3n) is 2.59. The number of carbonyl (C=O) groups excluding carboxylic acids is 1. The molecule has 2 rings (SSSR count). The second-order valence-electron chi connectivity index (χ2n) is 3.91. The Kier molecular flexibility index (Phi) is 4.43. The van der Waals surface area contributed by atoms with E-state index in [1.54, 1.807) is 13.1 Å². The lowest BCUT2D eigenvalue weighted by Gasteiger charge is -2.09. The maximum Gasteiger partial charge on any atom is 0.288 e. The van der Waals surface area contributed by atoms with Crippen LogP contribution in [0.3, 0.4) is 0 Å². The summed E-state index contributed by atoms with van der Waals surface area (Å²) < 4.78 is 0.600. The first-order chi connectivity index (χ1) is 10.0. The number of hydrogen-bond donors (Lipinski definition) is 2. The standard InChI is InChI=1S/C12H10BrN5O3/c1-14-11-8(4-7(5-16-11)18(20)21)12(19)17-10-2-3-15-6-9(10)13/h2-6H,1H3,(H,14,16)(H,15,17,19). The van der Waals surface area contributed by atoms with E-state index in [-0.39, 0.29) is 17.1 Å². The van der Waals surface area contributed by atoms with Gasteiger partial charge in [-0.2, -0.15) is 0 Å². The monoisotopic (exact) mass is 351 g/mol. The van der Waals surface area contributed by atoms with Gasteiger partial charge in [-0.3, -0.25) is 19.9 Å². The lowest BCUT2D eigenvalue weighted by molar-refractivity contribution is -0.385. The Hall–Kier alpha value is -2.55. The number of anilines is 2. The number of aromatic nitrogens is 2. The Morgan fingerprint density at radius 3 is 2.81 bits per heavy atom. The Balaban J connectivity index is 2.36. The number of carbonyl (C=O) groups is 1. The molecule has 0 aliphatic carbocycles. The summed E-state index contributed by atoms with van der Waals surface area (Å²) in [7, 11) is 1.58. The number of pyridine rings is 2. The summed E-state index contributed by atoms with van der Waals surface area (Å²) in [5, 5.41) is 16.1. The number of nitro groups is 1. The van der Waals surface area contributed by atoms with Crippen LogP contribution in [0.5, 0.6) is 0 Å². The highest BCUT2D eigenvalue weighted by atomic mass is 79.9. The van der Waals surface area contributed by atoms with Crippen molar-refractivity contribution in [3.05, 3.63) is 50.9 Å². The van der Waals surface area contributed by atoms with Crippen LogP contribution in [-0.4, -0.2) is 27.8 Å². The second-order valence-corrected chi connectivity index (χ2v) is 4.76. The van der Waals surface area contributed by atoms with E-state index in [2.05, 4.69) is 36.5 Å². The molecule has 0 fully saturated rings. The van der Waals surface area contributed by atoms with Crippen molar-refractivity contribution < 1.29 is 9.72 Å². The topological polar surface area (TPSA) is 110 Å². The summed E-state index contributed by atoms with van der Waals surface area (Å²) in [4.78, 5) is 30.2. The summed E-state index contributed by atoms with van der Waals surface area (Å²) >= 11 is 3.25. The zero-order valence-electron chi connectivity index (χ0n) is 10.8. The minimum Gasteiger partial charge on any atom is -0.372 e. The van der Waals surface area contributed by atoms with E-state index in [1.165, 1.54) is 18.5 Å². The summed E-state index contributed by atoms with van der Waals surface area (Å²) in [6.07, 6.45) is 4.14. The Morgan fingerprint density at radius 2 is 2.19 bits per heavy atom. The molecule has 0 bridgehead atoms. The van der Waals surface area contributed by atoms with E-state index in [4.69, 9.17) is 0 Å². The van der Waals surface area contributed by atoms with Crippen molar-refractivity contribution in [3.8, 4) is 0 Å². The van der Waals surface area contributed by atoms with E-state index >= 15 is 0 Å². The van der Waals surface area contributed by atoms with Gasteiger partial charge in [0.1, 0.15) is 12.0 Å². The highest BCUT2D eigenvalue weighted by molar-refractivity contribution is 9.10. The molecule has 0 aliphatic heterocycles. The van der Waals surface area contributed by atoms with Crippen molar-refractivity contribution in [2.45, 2.75) is 0 Å². The van der Waals surface area contributed by atoms with Crippen molar-refractivity contribution in [2.24, 2.45) is 0 Å². The maximum absolute atomic E-state index is 12.3. The predicted molar refractivity (Wildman–Crippen MR) is 80.3 cm³/mol. The average Bonchev–Trinajstić information content (AvgIpc) is 2.48. The molecular weight excluding hydrogens is 342 g/mol. The fraction of sp³-hybridized carbons (Fsp3) is 0.0833. The van der Waals surface area contributed by atoms with Crippen LogP contribution in [0.25, 0.3) is 0 Å². The predicted octanol–water partition coefficient (Wildman–Crippen LogP) is 2.44. The van der Waals surface area contributed by atoms with Crippen LogP contribution in [-0.2, 0) is 0 Å². The third kappa shape index (κ3) is 3.31. The van der Waals surface area contributed by atoms with Gasteiger partial charge < -0.3 is 10.6 Å². The lowest BCUT2D eigenvalue weighted by atomic mass is 10.2. The van der Waals surface area contributed by atoms with E-state index in [0.29, 0.717) is 10.2 Å². The van der Waals surface area contributed by atoms with Crippen molar-refractivity contribution in [2.75, 3.05) is 17.7 Å². The Labute approximate surface area is 127 Å². The highest BCUT2D eigenvalue weighted by Crippen LogP contribution is 2.23. The van der Waals surface area contributed by atoms with Gasteiger partial charge in [0.2, 0.25) is 0 Å². The second kappa shape index (κ2) is 6.27. The average molecular weight is 352 g/mol. The van der Waals surface area contributed by atoms with Crippen LogP contribution in [0.4, 0.5) is 17.2 Å². The molecule has 0 saturated heterocycles. The molecule has 0 saturated carbocycles. The van der Waals surface area contributed by atoms with Crippen LogP contribution < -0.4 is 10.6 Å². The molecule has 0 radical (unpaired) electrons. The number of amides is 1. The number of nitrogens with zero attached hydrogens (tertiary/aromatic N) is 3. The van der Waals surface area contributed by atoms with Gasteiger partial charge in [0.25, 0.3) is 11.6 Å². The zero-order valence-corrected chi connectivity index (χ0v) is 12.4. The van der Waals surface area contributed by atoms with Crippen LogP contribution in [0.2, 0.25) is 0 Å². The molecule has 0 spiro atoms. The molecule has 0 aliphatic rings. The fourth-order valence-corrected chi connectivity index (χ4v) is 1.94. The van der Waals surface area contributed by atoms with Gasteiger partial charge in [0.15, 0.2) is 0 Å². The number of halogens is 1. The molecule has 2 aromatic rings. The van der Waals surface area contributed by atoms with Crippen molar-refractivity contribution >= 4 is 39.0 Å². The fourth-order valence-electron chi connectivity index (χ4n) is 1.59. The van der Waals surface area contributed by atoms with Crippen LogP contribution in [0.1, 0.15) is 10.4 Å². The van der Waals surface area contributed by atoms with Crippen LogP contribution in [0.15, 0.2) is 35.2 Å². The van der Waals surface area contributed by atoms with E-state index < -0.39 is 10.8 Å². The molecule has 2 N–H and O–H groups in total. The SMILES string of the molecule is CNc1ncc([N+](=O)[O-])cc1C(=O)Nc1ccncc1Br. The van der Waals surface area contributed by atoms with Gasteiger partial charge in [-0.05, 0) is 22.0 Å². The summed E-state index contributed by atoms with van der Waals surface area (Å²) in [6, 6.07) is 2.77. The summed E-state index contributed by atoms with van der Waals surface area (Å²) in [5.41, 5.74) is 0.326. The maximum atomic E-state index is 12.3. The van der Waals surface area contributed by atoms with Crippen LogP contribution in [0, 0.1) is 10.1 Å². The number of rotatable bonds is 4. The van der Waals surface area contributed by atoms with E-state index in [0.717, 1.165) is 6.20 Å². The molecule has 0 atom stereocenters. The Morgan fingerprint density at radius 1 is 1.43 bits per heavy atom. The van der Waals surface area contributed by atoms with Gasteiger partial charge in [0, 0.05) is 25.5 Å². The summed E-state index contributed by atoms with van der Waals surface area (Å²) in [6.45, 7) is 0. The molecule has 1 amide bonds. The molecule has 21 heavy (non-hydrogen) atoms. The highest BCUT2D eigenvalue weighted by Gasteiger charge is 2.18. The molecule has 8 nitrogen and oxygen atoms in total. The number of nitrogens with one attached hydrogen (secondary N) is 2. The van der Waals surface area contributed by atoms with E-state index in [1.807, 2.05) is 0 Å². The van der Waals surface area contributed by atoms with Gasteiger partial charge in [-0.15, -0.1) is 0 Å².